The van der Waals surface area contributed by atoms with Crippen molar-refractivity contribution in [2.75, 3.05) is 11.9 Å². The van der Waals surface area contributed by atoms with Gasteiger partial charge in [0.05, 0.1) is 0 Å². The van der Waals surface area contributed by atoms with Gasteiger partial charge in [0.25, 0.3) is 0 Å². The van der Waals surface area contributed by atoms with Gasteiger partial charge in [-0.05, 0) is 43.0 Å². The molecule has 1 aromatic carbocycles. The van der Waals surface area contributed by atoms with Crippen LogP contribution in [0.3, 0.4) is 0 Å². The molecule has 1 N–H and O–H groups in total. The van der Waals surface area contributed by atoms with Gasteiger partial charge in [-0.2, -0.15) is 0 Å². The summed E-state index contributed by atoms with van der Waals surface area (Å²) in [5, 5.41) is 3.40. The Labute approximate surface area is 97.1 Å². The van der Waals surface area contributed by atoms with Gasteiger partial charge in [0.2, 0.25) is 0 Å². The van der Waals surface area contributed by atoms with Crippen LogP contribution in [0.15, 0.2) is 18.2 Å². The highest BCUT2D eigenvalue weighted by atomic mass is 16.1. The lowest BCUT2D eigenvalue weighted by Crippen LogP contribution is -2.11. The number of fused-ring (bicyclic) bond motifs is 1. The van der Waals surface area contributed by atoms with Gasteiger partial charge in [0.1, 0.15) is 0 Å². The van der Waals surface area contributed by atoms with Crippen LogP contribution in [0.4, 0.5) is 5.69 Å². The molecule has 0 radical (unpaired) electrons. The second kappa shape index (κ2) is 5.15. The average molecular weight is 217 g/mol. The zero-order valence-electron chi connectivity index (χ0n) is 9.88. The molecule has 0 saturated heterocycles. The molecule has 2 heteroatoms. The maximum absolute atomic E-state index is 11.6. The Morgan fingerprint density at radius 1 is 1.31 bits per heavy atom. The molecular weight excluding hydrogens is 198 g/mol. The van der Waals surface area contributed by atoms with Gasteiger partial charge in [-0.3, -0.25) is 4.79 Å². The Hall–Kier alpha value is -1.31. The van der Waals surface area contributed by atoms with E-state index in [9.17, 15) is 4.79 Å². The van der Waals surface area contributed by atoms with E-state index < -0.39 is 0 Å². The van der Waals surface area contributed by atoms with Crippen LogP contribution in [0.5, 0.6) is 0 Å². The van der Waals surface area contributed by atoms with Crippen molar-refractivity contribution in [3.63, 3.8) is 0 Å². The number of Topliss-reactive ketones (excluding diaryl/α,β-unsaturated/α-hetero) is 1. The third-order valence-electron chi connectivity index (χ3n) is 3.12. The van der Waals surface area contributed by atoms with Gasteiger partial charge in [0, 0.05) is 24.2 Å². The molecule has 16 heavy (non-hydrogen) atoms. The van der Waals surface area contributed by atoms with Crippen LogP contribution >= 0.6 is 0 Å². The van der Waals surface area contributed by atoms with Gasteiger partial charge >= 0.3 is 0 Å². The molecule has 1 aliphatic carbocycles. The first kappa shape index (κ1) is 11.2. The van der Waals surface area contributed by atoms with Crippen molar-refractivity contribution >= 4 is 11.5 Å². The van der Waals surface area contributed by atoms with Crippen LogP contribution in [0.2, 0.25) is 0 Å². The number of benzene rings is 1. The fraction of sp³-hybridized carbons (Fsp3) is 0.500. The maximum Gasteiger partial charge on any atom is 0.163 e. The van der Waals surface area contributed by atoms with E-state index in [1.807, 2.05) is 12.1 Å². The van der Waals surface area contributed by atoms with E-state index in [2.05, 4.69) is 18.3 Å². The number of nitrogens with one attached hydrogen (secondary N) is 1. The van der Waals surface area contributed by atoms with E-state index >= 15 is 0 Å². The van der Waals surface area contributed by atoms with E-state index in [-0.39, 0.29) is 0 Å². The number of ketones is 1. The van der Waals surface area contributed by atoms with Crippen LogP contribution in [0, 0.1) is 0 Å². The normalized spacial score (nSPS) is 14.7. The van der Waals surface area contributed by atoms with Gasteiger partial charge in [-0.1, -0.05) is 13.3 Å². The summed E-state index contributed by atoms with van der Waals surface area (Å²) < 4.78 is 0. The maximum atomic E-state index is 11.6. The highest BCUT2D eigenvalue weighted by molar-refractivity contribution is 5.98. The molecule has 0 unspecified atom stereocenters. The first-order chi connectivity index (χ1) is 7.81. The van der Waals surface area contributed by atoms with Crippen molar-refractivity contribution < 1.29 is 4.79 Å². The number of aryl methyl sites for hydroxylation is 1. The van der Waals surface area contributed by atoms with E-state index in [0.29, 0.717) is 5.78 Å². The Kier molecular flexibility index (Phi) is 3.60. The standard InChI is InChI=1S/C14H19NO/c1-2-3-9-15-12-7-8-13-11(10-12)5-4-6-14(13)16/h7-8,10,15H,2-6,9H2,1H3. The molecule has 2 nitrogen and oxygen atoms in total. The fourth-order valence-corrected chi connectivity index (χ4v) is 2.17. The molecule has 0 saturated carbocycles. The van der Waals surface area contributed by atoms with Gasteiger partial charge in [-0.25, -0.2) is 0 Å². The number of carbonyl (C=O) groups is 1. The van der Waals surface area contributed by atoms with Crippen LogP contribution in [0.1, 0.15) is 48.5 Å². The topological polar surface area (TPSA) is 29.1 Å². The first-order valence-electron chi connectivity index (χ1n) is 6.21. The summed E-state index contributed by atoms with van der Waals surface area (Å²) in [6.45, 7) is 3.20. The minimum atomic E-state index is 0.307. The highest BCUT2D eigenvalue weighted by Gasteiger charge is 2.16. The van der Waals surface area contributed by atoms with Gasteiger partial charge in [0.15, 0.2) is 5.78 Å². The van der Waals surface area contributed by atoms with E-state index in [0.717, 1.165) is 37.1 Å². The molecule has 86 valence electrons. The van der Waals surface area contributed by atoms with Crippen LogP contribution in [-0.2, 0) is 6.42 Å². The Balaban J connectivity index is 2.09. The van der Waals surface area contributed by atoms with Crippen LogP contribution < -0.4 is 5.32 Å². The predicted octanol–water partition coefficient (Wildman–Crippen LogP) is 3.42. The van der Waals surface area contributed by atoms with E-state index in [1.54, 1.807) is 0 Å². The minimum Gasteiger partial charge on any atom is -0.385 e. The van der Waals surface area contributed by atoms with Crippen molar-refractivity contribution in [3.8, 4) is 0 Å². The van der Waals surface area contributed by atoms with Crippen molar-refractivity contribution in [1.82, 2.24) is 0 Å². The molecule has 0 bridgehead atoms. The van der Waals surface area contributed by atoms with Gasteiger partial charge in [-0.15, -0.1) is 0 Å². The number of unbranched alkanes of at least 4 members (excludes halogenated alkanes) is 1. The molecule has 2 rings (SSSR count). The Morgan fingerprint density at radius 3 is 3.00 bits per heavy atom. The monoisotopic (exact) mass is 217 g/mol. The lowest BCUT2D eigenvalue weighted by Gasteiger charge is -2.16. The second-order valence-electron chi connectivity index (χ2n) is 4.43. The molecule has 0 fully saturated rings. The molecule has 0 aliphatic heterocycles. The molecule has 0 atom stereocenters. The lowest BCUT2D eigenvalue weighted by atomic mass is 9.90. The Bertz CT molecular complexity index is 384. The van der Waals surface area contributed by atoms with Crippen molar-refractivity contribution in [2.24, 2.45) is 0 Å². The zero-order chi connectivity index (χ0) is 11.4. The van der Waals surface area contributed by atoms with Crippen molar-refractivity contribution in [3.05, 3.63) is 29.3 Å². The summed E-state index contributed by atoms with van der Waals surface area (Å²) in [5.74, 6) is 0.307. The smallest absolute Gasteiger partial charge is 0.163 e. The third kappa shape index (κ3) is 2.43. The first-order valence-corrected chi connectivity index (χ1v) is 6.21. The van der Waals surface area contributed by atoms with Crippen LogP contribution in [-0.4, -0.2) is 12.3 Å². The quantitative estimate of drug-likeness (QED) is 0.783. The van der Waals surface area contributed by atoms with Crippen molar-refractivity contribution in [1.29, 1.82) is 0 Å². The number of carbonyl (C=O) groups excluding carboxylic acids is 1. The van der Waals surface area contributed by atoms with Crippen molar-refractivity contribution in [2.45, 2.75) is 39.0 Å². The minimum absolute atomic E-state index is 0.307. The molecule has 1 aliphatic rings. The summed E-state index contributed by atoms with van der Waals surface area (Å²) in [6.07, 6.45) is 5.16. The number of anilines is 1. The summed E-state index contributed by atoms with van der Waals surface area (Å²) in [4.78, 5) is 11.6. The largest absolute Gasteiger partial charge is 0.385 e. The molecule has 0 spiro atoms. The third-order valence-corrected chi connectivity index (χ3v) is 3.12. The summed E-state index contributed by atoms with van der Waals surface area (Å²) in [6, 6.07) is 6.14. The summed E-state index contributed by atoms with van der Waals surface area (Å²) in [7, 11) is 0. The molecular formula is C14H19NO. The average Bonchev–Trinajstić information content (AvgIpc) is 2.30. The molecule has 0 aromatic heterocycles. The number of hydrogen-bond donors (Lipinski definition) is 1. The Morgan fingerprint density at radius 2 is 2.19 bits per heavy atom. The summed E-state index contributed by atoms with van der Waals surface area (Å²) in [5.41, 5.74) is 3.31. The SMILES string of the molecule is CCCCNc1ccc2c(c1)CCCC2=O. The highest BCUT2D eigenvalue weighted by Crippen LogP contribution is 2.24. The number of rotatable bonds is 4. The summed E-state index contributed by atoms with van der Waals surface area (Å²) >= 11 is 0. The fourth-order valence-electron chi connectivity index (χ4n) is 2.17. The van der Waals surface area contributed by atoms with E-state index in [4.69, 9.17) is 0 Å². The number of hydrogen-bond acceptors (Lipinski definition) is 2. The molecule has 0 heterocycles. The van der Waals surface area contributed by atoms with Crippen LogP contribution in [0.25, 0.3) is 0 Å². The second-order valence-corrected chi connectivity index (χ2v) is 4.43. The molecule has 1 aromatic rings. The van der Waals surface area contributed by atoms with E-state index in [1.165, 1.54) is 18.4 Å². The van der Waals surface area contributed by atoms with Gasteiger partial charge < -0.3 is 5.32 Å². The molecule has 0 amide bonds. The predicted molar refractivity (Wildman–Crippen MR) is 67.1 cm³/mol. The zero-order valence-corrected chi connectivity index (χ0v) is 9.88. The lowest BCUT2D eigenvalue weighted by molar-refractivity contribution is 0.0972.